The van der Waals surface area contributed by atoms with Crippen LogP contribution in [-0.2, 0) is 11.8 Å². The summed E-state index contributed by atoms with van der Waals surface area (Å²) in [6, 6.07) is 10.3. The first-order chi connectivity index (χ1) is 14.5. The Balaban J connectivity index is 1.66. The lowest BCUT2D eigenvalue weighted by molar-refractivity contribution is 0.0685. The fraction of sp³-hybridized carbons (Fsp3) is 0.286. The zero-order valence-corrected chi connectivity index (χ0v) is 16.6. The highest BCUT2D eigenvalue weighted by molar-refractivity contribution is 5.92. The molecular formula is C21H22N6O3. The maximum atomic E-state index is 12.6. The minimum absolute atomic E-state index is 0.166. The number of aromatic nitrogens is 4. The quantitative estimate of drug-likeness (QED) is 0.694. The van der Waals surface area contributed by atoms with Gasteiger partial charge in [-0.2, -0.15) is 0 Å². The molecule has 3 aromatic rings. The van der Waals surface area contributed by atoms with Crippen molar-refractivity contribution in [2.45, 2.75) is 12.5 Å². The summed E-state index contributed by atoms with van der Waals surface area (Å²) < 4.78 is 7.56. The van der Waals surface area contributed by atoms with E-state index in [1.165, 1.54) is 17.0 Å². The van der Waals surface area contributed by atoms with Crippen molar-refractivity contribution in [1.29, 1.82) is 0 Å². The Labute approximate surface area is 173 Å². The summed E-state index contributed by atoms with van der Waals surface area (Å²) in [6.45, 7) is 1.80. The maximum absolute atomic E-state index is 12.6. The van der Waals surface area contributed by atoms with Crippen LogP contribution in [0.1, 0.15) is 28.4 Å². The lowest BCUT2D eigenvalue weighted by Crippen LogP contribution is -2.34. The Bertz CT molecular complexity index is 1100. The van der Waals surface area contributed by atoms with Crippen molar-refractivity contribution < 1.29 is 9.53 Å². The third kappa shape index (κ3) is 4.06. The molecule has 0 radical (unpaired) electrons. The Kier molecular flexibility index (Phi) is 5.53. The highest BCUT2D eigenvalue weighted by atomic mass is 16.5. The van der Waals surface area contributed by atoms with E-state index in [0.29, 0.717) is 42.6 Å². The number of anilines is 1. The van der Waals surface area contributed by atoms with Gasteiger partial charge < -0.3 is 15.4 Å². The molecule has 2 N–H and O–H groups in total. The second kappa shape index (κ2) is 8.42. The lowest BCUT2D eigenvalue weighted by Gasteiger charge is -2.26. The van der Waals surface area contributed by atoms with Crippen molar-refractivity contribution in [1.82, 2.24) is 19.5 Å². The molecule has 0 aliphatic carbocycles. The van der Waals surface area contributed by atoms with Crippen molar-refractivity contribution in [2.24, 2.45) is 12.8 Å². The zero-order valence-electron chi connectivity index (χ0n) is 16.6. The molecule has 0 spiro atoms. The summed E-state index contributed by atoms with van der Waals surface area (Å²) in [5.41, 5.74) is 7.64. The predicted octanol–water partition coefficient (Wildman–Crippen LogP) is 1.30. The van der Waals surface area contributed by atoms with E-state index in [0.717, 1.165) is 12.0 Å². The van der Waals surface area contributed by atoms with Gasteiger partial charge in [-0.15, -0.1) is 0 Å². The summed E-state index contributed by atoms with van der Waals surface area (Å²) in [5, 5.41) is 0. The van der Waals surface area contributed by atoms with Gasteiger partial charge in [-0.1, -0.05) is 12.1 Å². The van der Waals surface area contributed by atoms with Crippen LogP contribution in [0.5, 0.6) is 0 Å². The monoisotopic (exact) mass is 406 g/mol. The van der Waals surface area contributed by atoms with Crippen LogP contribution in [0.15, 0.2) is 53.7 Å². The van der Waals surface area contributed by atoms with Gasteiger partial charge in [0.1, 0.15) is 12.4 Å². The van der Waals surface area contributed by atoms with E-state index in [2.05, 4.69) is 9.97 Å². The molecule has 1 aliphatic heterocycles. The molecule has 2 aromatic heterocycles. The van der Waals surface area contributed by atoms with E-state index in [9.17, 15) is 9.59 Å². The predicted molar refractivity (Wildman–Crippen MR) is 111 cm³/mol. The van der Waals surface area contributed by atoms with Gasteiger partial charge in [0, 0.05) is 38.0 Å². The smallest absolute Gasteiger partial charge is 0.255 e. The maximum Gasteiger partial charge on any atom is 0.255 e. The van der Waals surface area contributed by atoms with Crippen LogP contribution in [0.2, 0.25) is 0 Å². The van der Waals surface area contributed by atoms with Gasteiger partial charge in [-0.25, -0.2) is 15.0 Å². The lowest BCUT2D eigenvalue weighted by atomic mass is 10.1. The van der Waals surface area contributed by atoms with E-state index in [-0.39, 0.29) is 11.7 Å². The first kappa shape index (κ1) is 19.7. The Morgan fingerprint density at radius 3 is 2.70 bits per heavy atom. The minimum Gasteiger partial charge on any atom is -0.372 e. The average molecular weight is 406 g/mol. The molecule has 30 heavy (non-hydrogen) atoms. The molecule has 4 rings (SSSR count). The summed E-state index contributed by atoms with van der Waals surface area (Å²) in [7, 11) is 1.71. The zero-order chi connectivity index (χ0) is 21.1. The molecule has 9 nitrogen and oxygen atoms in total. The number of nitrogens with two attached hydrogens (primary N) is 1. The summed E-state index contributed by atoms with van der Waals surface area (Å²) in [6.07, 6.45) is 3.62. The molecule has 154 valence electrons. The van der Waals surface area contributed by atoms with Crippen LogP contribution < -0.4 is 16.2 Å². The number of carbonyl (C=O) groups excluding carboxylic acids is 1. The molecule has 1 aliphatic rings. The van der Waals surface area contributed by atoms with Gasteiger partial charge in [0.05, 0.1) is 17.9 Å². The van der Waals surface area contributed by atoms with Gasteiger partial charge in [-0.3, -0.25) is 14.2 Å². The van der Waals surface area contributed by atoms with Gasteiger partial charge in [0.2, 0.25) is 11.9 Å². The molecule has 3 heterocycles. The number of amides is 1. The number of hydrogen-bond acceptors (Lipinski definition) is 7. The standard InChI is InChI=1S/C21H22N6O3/c1-26-19(28)11-17(16-7-8-23-13-24-16)25-21(26)27-9-2-10-30-18(12-27)14-3-5-15(6-4-14)20(22)29/h3-8,11,13,18H,2,9-10,12H2,1H3,(H2,22,29)/t18-/m0/s1. The van der Waals surface area contributed by atoms with E-state index >= 15 is 0 Å². The van der Waals surface area contributed by atoms with Crippen LogP contribution in [0.3, 0.4) is 0 Å². The van der Waals surface area contributed by atoms with Gasteiger partial charge in [0.25, 0.3) is 5.56 Å². The van der Waals surface area contributed by atoms with E-state index in [1.807, 2.05) is 17.0 Å². The van der Waals surface area contributed by atoms with Gasteiger partial charge in [0.15, 0.2) is 0 Å². The number of carbonyl (C=O) groups is 1. The molecule has 0 bridgehead atoms. The van der Waals surface area contributed by atoms with E-state index in [1.54, 1.807) is 31.4 Å². The van der Waals surface area contributed by atoms with Crippen LogP contribution in [0, 0.1) is 0 Å². The van der Waals surface area contributed by atoms with Crippen molar-refractivity contribution in [3.8, 4) is 11.4 Å². The second-order valence-corrected chi connectivity index (χ2v) is 7.08. The number of ether oxygens (including phenoxy) is 1. The Morgan fingerprint density at radius 2 is 2.00 bits per heavy atom. The van der Waals surface area contributed by atoms with E-state index in [4.69, 9.17) is 15.5 Å². The van der Waals surface area contributed by atoms with Crippen LogP contribution >= 0.6 is 0 Å². The molecule has 0 unspecified atom stereocenters. The Morgan fingerprint density at radius 1 is 1.20 bits per heavy atom. The number of primary amides is 1. The summed E-state index contributed by atoms with van der Waals surface area (Å²) >= 11 is 0. The van der Waals surface area contributed by atoms with Gasteiger partial charge >= 0.3 is 0 Å². The van der Waals surface area contributed by atoms with Crippen LogP contribution in [0.25, 0.3) is 11.4 Å². The fourth-order valence-electron chi connectivity index (χ4n) is 3.45. The topological polar surface area (TPSA) is 116 Å². The van der Waals surface area contributed by atoms with E-state index < -0.39 is 5.91 Å². The van der Waals surface area contributed by atoms with Crippen LogP contribution in [-0.4, -0.2) is 45.1 Å². The van der Waals surface area contributed by atoms with Crippen molar-refractivity contribution >= 4 is 11.9 Å². The van der Waals surface area contributed by atoms with Crippen molar-refractivity contribution in [3.05, 3.63) is 70.4 Å². The normalized spacial score (nSPS) is 16.8. The van der Waals surface area contributed by atoms with Crippen molar-refractivity contribution in [3.63, 3.8) is 0 Å². The molecule has 1 fully saturated rings. The fourth-order valence-corrected chi connectivity index (χ4v) is 3.45. The molecule has 1 aromatic carbocycles. The van der Waals surface area contributed by atoms with Crippen molar-refractivity contribution in [2.75, 3.05) is 24.6 Å². The molecular weight excluding hydrogens is 384 g/mol. The first-order valence-electron chi connectivity index (χ1n) is 9.63. The van der Waals surface area contributed by atoms with Gasteiger partial charge in [-0.05, 0) is 30.2 Å². The third-order valence-electron chi connectivity index (χ3n) is 5.08. The molecule has 0 saturated carbocycles. The Hall–Kier alpha value is -3.59. The third-order valence-corrected chi connectivity index (χ3v) is 5.08. The molecule has 1 saturated heterocycles. The highest BCUT2D eigenvalue weighted by Crippen LogP contribution is 2.25. The molecule has 9 heteroatoms. The highest BCUT2D eigenvalue weighted by Gasteiger charge is 2.24. The molecule has 1 amide bonds. The number of hydrogen-bond donors (Lipinski definition) is 1. The summed E-state index contributed by atoms with van der Waals surface area (Å²) in [5.74, 6) is 0.0890. The minimum atomic E-state index is -0.467. The number of rotatable bonds is 4. The number of nitrogens with zero attached hydrogens (tertiary/aromatic N) is 5. The SMILES string of the molecule is Cn1c(N2CCCO[C@H](c3ccc(C(N)=O)cc3)C2)nc(-c2ccncn2)cc1=O. The van der Waals surface area contributed by atoms with Crippen LogP contribution in [0.4, 0.5) is 5.95 Å². The average Bonchev–Trinajstić information content (AvgIpc) is 3.02. The first-order valence-corrected chi connectivity index (χ1v) is 9.63. The number of benzene rings is 1. The second-order valence-electron chi connectivity index (χ2n) is 7.08. The largest absolute Gasteiger partial charge is 0.372 e. The summed E-state index contributed by atoms with van der Waals surface area (Å²) in [4.78, 5) is 38.8. The molecule has 1 atom stereocenters.